The number of carbonyl (C=O) groups is 1. The van der Waals surface area contributed by atoms with Crippen LogP contribution in [0.15, 0.2) is 24.3 Å². The first-order valence-electron chi connectivity index (χ1n) is 21.6. The predicted molar refractivity (Wildman–Crippen MR) is 237 cm³/mol. The molecule has 6 atom stereocenters. The van der Waals surface area contributed by atoms with Crippen molar-refractivity contribution in [3.8, 4) is 23.0 Å². The fourth-order valence-electron chi connectivity index (χ4n) is 9.79. The van der Waals surface area contributed by atoms with Gasteiger partial charge in [-0.2, -0.15) is 0 Å². The van der Waals surface area contributed by atoms with Crippen LogP contribution in [0.5, 0.6) is 23.0 Å². The number of fused-ring (bicyclic) bond motifs is 6. The van der Waals surface area contributed by atoms with Crippen molar-refractivity contribution in [2.45, 2.75) is 117 Å². The van der Waals surface area contributed by atoms with Gasteiger partial charge in [-0.3, -0.25) is 23.4 Å². The molecule has 0 spiro atoms. The summed E-state index contributed by atoms with van der Waals surface area (Å²) in [4.78, 5) is 17.5. The number of hydrogen-bond donors (Lipinski definition) is 1. The van der Waals surface area contributed by atoms with E-state index in [2.05, 4.69) is 61.8 Å². The van der Waals surface area contributed by atoms with E-state index in [-0.39, 0.29) is 77.5 Å². The molecule has 60 heavy (non-hydrogen) atoms. The highest BCUT2D eigenvalue weighted by atomic mass is 35.5. The minimum absolute atomic E-state index is 0.0719. The molecule has 4 heterocycles. The largest absolute Gasteiger partial charge is 0.493 e. The Hall–Kier alpha value is -2.57. The molecule has 0 amide bonds. The van der Waals surface area contributed by atoms with E-state index in [0.29, 0.717) is 12.8 Å². The third-order valence-electron chi connectivity index (χ3n) is 13.1. The zero-order valence-corrected chi connectivity index (χ0v) is 39.3. The molecule has 2 fully saturated rings. The smallest absolute Gasteiger partial charge is 0.308 e. The molecule has 0 saturated carbocycles. The van der Waals surface area contributed by atoms with E-state index < -0.39 is 0 Å². The maximum absolute atomic E-state index is 13.1. The number of carbonyl (C=O) groups excluding carboxylic acids is 1. The molecule has 13 heteroatoms. The lowest BCUT2D eigenvalue weighted by atomic mass is 9.73. The molecule has 6 rings (SSSR count). The van der Waals surface area contributed by atoms with E-state index in [9.17, 15) is 18.7 Å². The third kappa shape index (κ3) is 12.8. The third-order valence-corrected chi connectivity index (χ3v) is 13.1. The Bertz CT molecular complexity index is 1680. The van der Waals surface area contributed by atoms with Crippen LogP contribution in [0, 0.1) is 28.6 Å². The van der Waals surface area contributed by atoms with Crippen LogP contribution in [0.1, 0.15) is 114 Å². The van der Waals surface area contributed by atoms with Crippen LogP contribution < -0.4 is 18.9 Å². The van der Waals surface area contributed by atoms with Crippen LogP contribution in [0.4, 0.5) is 8.78 Å². The molecular formula is C47H72Cl2F2N2O7. The van der Waals surface area contributed by atoms with Crippen LogP contribution in [-0.4, -0.2) is 106 Å². The topological polar surface area (TPSA) is 89.9 Å². The van der Waals surface area contributed by atoms with Gasteiger partial charge in [0, 0.05) is 50.6 Å². The molecule has 0 aromatic heterocycles. The Kier molecular flexibility index (Phi) is 18.9. The number of halogens is 4. The summed E-state index contributed by atoms with van der Waals surface area (Å²) in [6.07, 6.45) is 5.65. The maximum atomic E-state index is 13.1. The van der Waals surface area contributed by atoms with Crippen molar-refractivity contribution < 1.29 is 42.4 Å². The van der Waals surface area contributed by atoms with E-state index in [4.69, 9.17) is 46.9 Å². The van der Waals surface area contributed by atoms with Crippen LogP contribution in [-0.2, 0) is 22.4 Å². The summed E-state index contributed by atoms with van der Waals surface area (Å²) in [6, 6.07) is 8.71. The highest BCUT2D eigenvalue weighted by molar-refractivity contribution is 6.40. The summed E-state index contributed by atoms with van der Waals surface area (Å²) in [7, 11) is 6.63. The minimum atomic E-state index is -0.353. The maximum Gasteiger partial charge on any atom is 0.308 e. The van der Waals surface area contributed by atoms with E-state index in [1.165, 1.54) is 22.3 Å². The fraction of sp³-hybridized carbons (Fsp3) is 0.723. The predicted octanol–water partition coefficient (Wildman–Crippen LogP) is 10.1. The van der Waals surface area contributed by atoms with Crippen LogP contribution >= 0.6 is 23.2 Å². The van der Waals surface area contributed by atoms with Crippen molar-refractivity contribution in [2.75, 3.05) is 73.3 Å². The van der Waals surface area contributed by atoms with Crippen molar-refractivity contribution in [1.29, 1.82) is 0 Å². The van der Waals surface area contributed by atoms with Gasteiger partial charge in [0.2, 0.25) is 0 Å². The molecular weight excluding hydrogens is 813 g/mol. The fourth-order valence-corrected chi connectivity index (χ4v) is 9.79. The average molecular weight is 886 g/mol. The first kappa shape index (κ1) is 50.1. The normalized spacial score (nSPS) is 23.9. The van der Waals surface area contributed by atoms with Gasteiger partial charge in [0.1, 0.15) is 6.10 Å². The van der Waals surface area contributed by atoms with Crippen molar-refractivity contribution in [3.05, 3.63) is 46.5 Å². The van der Waals surface area contributed by atoms with Crippen LogP contribution in [0.3, 0.4) is 0 Å². The quantitative estimate of drug-likeness (QED) is 0.147. The number of alkyl halides is 4. The van der Waals surface area contributed by atoms with Crippen LogP contribution in [0.25, 0.3) is 0 Å². The lowest BCUT2D eigenvalue weighted by Gasteiger charge is -2.48. The number of aliphatic hydroxyl groups excluding tert-OH is 1. The lowest BCUT2D eigenvalue weighted by Crippen LogP contribution is -2.50. The van der Waals surface area contributed by atoms with Crippen molar-refractivity contribution in [1.82, 2.24) is 9.80 Å². The summed E-state index contributed by atoms with van der Waals surface area (Å²) in [5, 5.41) is 11.0. The molecule has 1 N–H and O–H groups in total. The Labute approximate surface area is 368 Å². The van der Waals surface area contributed by atoms with Gasteiger partial charge in [-0.25, -0.2) is 0 Å². The lowest BCUT2D eigenvalue weighted by molar-refractivity contribution is -0.162. The zero-order chi connectivity index (χ0) is 44.4. The Balaban J connectivity index is 0.000000252. The highest BCUT2D eigenvalue weighted by Gasteiger charge is 2.44. The van der Waals surface area contributed by atoms with Gasteiger partial charge in [-0.1, -0.05) is 41.5 Å². The summed E-state index contributed by atoms with van der Waals surface area (Å²) in [5.74, 6) is 3.06. The SMILES string of the molecule is COc1cc2c(cc1OC)[C@H]1C[C@@H](O)[C@H](CC(C)(C)CCF)CN1CC2.COc1cc2c(cc1OC)[C@H]1C[C@@H](OC(=O)C(C)C)[C@H](CC(C)(C)CCF)CN1CC2.ClCCl. The monoisotopic (exact) mass is 884 g/mol. The number of esters is 1. The number of benzene rings is 2. The second-order valence-corrected chi connectivity index (χ2v) is 19.5. The second kappa shape index (κ2) is 22.7. The van der Waals surface area contributed by atoms with Gasteiger partial charge in [-0.15, -0.1) is 23.2 Å². The van der Waals surface area contributed by atoms with E-state index in [1.807, 2.05) is 13.8 Å². The number of piperidine rings is 2. The molecule has 340 valence electrons. The van der Waals surface area contributed by atoms with Gasteiger partial charge in [0.25, 0.3) is 0 Å². The minimum Gasteiger partial charge on any atom is -0.493 e. The molecule has 0 radical (unpaired) electrons. The number of ether oxygens (including phenoxy) is 5. The van der Waals surface area contributed by atoms with Crippen molar-refractivity contribution >= 4 is 29.2 Å². The molecule has 0 bridgehead atoms. The van der Waals surface area contributed by atoms with E-state index >= 15 is 0 Å². The molecule has 2 saturated heterocycles. The summed E-state index contributed by atoms with van der Waals surface area (Å²) in [5.41, 5.74) is 4.83. The first-order chi connectivity index (χ1) is 28.5. The van der Waals surface area contributed by atoms with Gasteiger partial charge < -0.3 is 28.8 Å². The highest BCUT2D eigenvalue weighted by Crippen LogP contribution is 2.47. The van der Waals surface area contributed by atoms with Crippen LogP contribution in [0.2, 0.25) is 0 Å². The number of rotatable bonds is 14. The summed E-state index contributed by atoms with van der Waals surface area (Å²) in [6.45, 7) is 15.2. The number of aliphatic hydroxyl groups is 1. The van der Waals surface area contributed by atoms with Gasteiger partial charge in [0.05, 0.1) is 59.1 Å². The molecule has 0 unspecified atom stereocenters. The number of nitrogens with zero attached hydrogens (tertiary/aromatic N) is 2. The Morgan fingerprint density at radius 2 is 1.13 bits per heavy atom. The summed E-state index contributed by atoms with van der Waals surface area (Å²) < 4.78 is 53.9. The second-order valence-electron chi connectivity index (χ2n) is 18.7. The average Bonchev–Trinajstić information content (AvgIpc) is 3.20. The Morgan fingerprint density at radius 1 is 0.733 bits per heavy atom. The molecule has 2 aromatic carbocycles. The molecule has 2 aromatic rings. The molecule has 9 nitrogen and oxygen atoms in total. The first-order valence-corrected chi connectivity index (χ1v) is 22.7. The number of methoxy groups -OCH3 is 4. The zero-order valence-electron chi connectivity index (χ0n) is 37.8. The van der Waals surface area contributed by atoms with Gasteiger partial charge in [-0.05, 0) is 108 Å². The standard InChI is InChI=1S/C25H38FNO4.C21H32FNO3.CH2Cl2/c1-16(2)24(28)31-21-13-20-19-12-23(30-6)22(29-5)11-17(19)7-10-27(20)15-18(21)14-25(3,4)8-9-26;1-21(2,6-7-22)12-15-13-23-8-5-14-9-19(25-3)20(26-4)10-16(14)17(23)11-18(15)24;2-1-3/h11-12,16,18,20-21H,7-10,13-15H2,1-6H3;9-10,15,17-18,24H,5-8,11-13H2,1-4H3;1H2/t18-,20-,21-;15-,17-,18-;/m11./s1. The molecule has 4 aliphatic rings. The van der Waals surface area contributed by atoms with Crippen molar-refractivity contribution in [3.63, 3.8) is 0 Å². The summed E-state index contributed by atoms with van der Waals surface area (Å²) >= 11 is 9.53. The van der Waals surface area contributed by atoms with Gasteiger partial charge in [0.15, 0.2) is 23.0 Å². The van der Waals surface area contributed by atoms with E-state index in [1.54, 1.807) is 28.4 Å². The van der Waals surface area contributed by atoms with Crippen molar-refractivity contribution in [2.24, 2.45) is 28.6 Å². The van der Waals surface area contributed by atoms with E-state index in [0.717, 1.165) is 87.7 Å². The Morgan fingerprint density at radius 3 is 1.55 bits per heavy atom. The molecule has 4 aliphatic heterocycles. The molecule has 0 aliphatic carbocycles. The van der Waals surface area contributed by atoms with Gasteiger partial charge >= 0.3 is 5.97 Å². The number of hydrogen-bond acceptors (Lipinski definition) is 9.